The predicted molar refractivity (Wildman–Crippen MR) is 128 cm³/mol. The summed E-state index contributed by atoms with van der Waals surface area (Å²) < 4.78 is 3.88. The molecule has 6 rings (SSSR count). The molecule has 1 radical (unpaired) electrons. The molecule has 31 heavy (non-hydrogen) atoms. The number of hydrogen-bond donors (Lipinski definition) is 1. The SMILES string of the molecule is O=c1[nH]c([C@@H]2CC[CH]([Sn]3[CH2]CN(c4ccc(Cl)cc4)C[CH2]3)C2)nc2c1CC1(CC2)CC1. The van der Waals surface area contributed by atoms with Gasteiger partial charge in [0.2, 0.25) is 0 Å². The van der Waals surface area contributed by atoms with Gasteiger partial charge in [0.25, 0.3) is 0 Å². The van der Waals surface area contributed by atoms with Crippen molar-refractivity contribution in [1.82, 2.24) is 9.97 Å². The molecule has 0 amide bonds. The van der Waals surface area contributed by atoms with Gasteiger partial charge in [-0.1, -0.05) is 0 Å². The van der Waals surface area contributed by atoms with Crippen molar-refractivity contribution in [2.75, 3.05) is 18.0 Å². The van der Waals surface area contributed by atoms with Gasteiger partial charge in [-0.25, -0.2) is 0 Å². The normalized spacial score (nSPS) is 27.5. The molecule has 4 aliphatic rings. The van der Waals surface area contributed by atoms with Gasteiger partial charge in [-0.2, -0.15) is 0 Å². The van der Waals surface area contributed by atoms with Gasteiger partial charge in [-0.15, -0.1) is 0 Å². The summed E-state index contributed by atoms with van der Waals surface area (Å²) in [5.74, 6) is 1.50. The van der Waals surface area contributed by atoms with Crippen molar-refractivity contribution in [1.29, 1.82) is 0 Å². The number of anilines is 1. The molecule has 2 saturated carbocycles. The van der Waals surface area contributed by atoms with E-state index in [0.717, 1.165) is 38.9 Å². The zero-order chi connectivity index (χ0) is 21.0. The predicted octanol–water partition coefficient (Wildman–Crippen LogP) is 5.34. The van der Waals surface area contributed by atoms with E-state index in [4.69, 9.17) is 16.6 Å². The molecule has 1 aromatic carbocycles. The molecule has 3 aliphatic carbocycles. The van der Waals surface area contributed by atoms with Crippen LogP contribution in [0.5, 0.6) is 0 Å². The number of benzene rings is 1. The average molecular weight is 544 g/mol. The molecule has 6 heteroatoms. The molecular weight excluding hydrogens is 512 g/mol. The minimum absolute atomic E-state index is 0.174. The van der Waals surface area contributed by atoms with Crippen molar-refractivity contribution >= 4 is 37.0 Å². The van der Waals surface area contributed by atoms with Gasteiger partial charge in [-0.05, 0) is 0 Å². The Labute approximate surface area is 196 Å². The number of aromatic amines is 1. The monoisotopic (exact) mass is 544 g/mol. The first-order chi connectivity index (χ1) is 15.1. The van der Waals surface area contributed by atoms with E-state index in [0.29, 0.717) is 11.3 Å². The maximum atomic E-state index is 12.8. The standard InChI is InChI=1S/C15H19N2O.C10H12ClN.Sn/c18-14-11-9-15(7-8-15)6-5-12(11)16-13(17-14)10-3-1-2-4-10;1-3-12(4-2)10-7-5-9(11)6-8-10;/h1,10H,2-9H2,(H,16,17,18);5-8H,1-4H2;/t10-;;/m0../s1. The summed E-state index contributed by atoms with van der Waals surface area (Å²) in [7, 11) is 0. The summed E-state index contributed by atoms with van der Waals surface area (Å²) in [6, 6.07) is 8.32. The molecule has 2 aromatic rings. The van der Waals surface area contributed by atoms with Gasteiger partial charge in [0.05, 0.1) is 0 Å². The molecule has 1 N–H and O–H groups in total. The second-order valence-electron chi connectivity index (χ2n) is 10.4. The van der Waals surface area contributed by atoms with Gasteiger partial charge >= 0.3 is 197 Å². The first kappa shape index (κ1) is 20.6. The summed E-state index contributed by atoms with van der Waals surface area (Å²) in [5, 5.41) is 0.815. The van der Waals surface area contributed by atoms with Crippen LogP contribution in [0.4, 0.5) is 5.69 Å². The van der Waals surface area contributed by atoms with Crippen molar-refractivity contribution in [2.24, 2.45) is 5.41 Å². The average Bonchev–Trinajstić information content (AvgIpc) is 3.35. The van der Waals surface area contributed by atoms with Crippen molar-refractivity contribution in [3.63, 3.8) is 0 Å². The van der Waals surface area contributed by atoms with Crippen LogP contribution in [0, 0.1) is 5.41 Å². The molecule has 1 aliphatic heterocycles. The van der Waals surface area contributed by atoms with Crippen LogP contribution >= 0.6 is 11.6 Å². The van der Waals surface area contributed by atoms with Crippen LogP contribution in [0.3, 0.4) is 0 Å². The number of H-pyrrole nitrogens is 1. The molecule has 3 fully saturated rings. The number of halogens is 1. The van der Waals surface area contributed by atoms with Crippen molar-refractivity contribution in [3.8, 4) is 0 Å². The summed E-state index contributed by atoms with van der Waals surface area (Å²) in [6.07, 6.45) is 9.71. The molecule has 0 bridgehead atoms. The third-order valence-electron chi connectivity index (χ3n) is 8.51. The maximum absolute atomic E-state index is 12.8. The van der Waals surface area contributed by atoms with Crippen LogP contribution in [-0.2, 0) is 12.8 Å². The second kappa shape index (κ2) is 8.09. The third kappa shape index (κ3) is 4.07. The number of rotatable bonds is 3. The van der Waals surface area contributed by atoms with E-state index in [-0.39, 0.29) is 5.56 Å². The quantitative estimate of drug-likeness (QED) is 0.532. The number of fused-ring (bicyclic) bond motifs is 1. The fourth-order valence-corrected chi connectivity index (χ4v) is 16.1. The van der Waals surface area contributed by atoms with Crippen molar-refractivity contribution < 1.29 is 0 Å². The number of aromatic nitrogens is 2. The zero-order valence-corrected chi connectivity index (χ0v) is 21.7. The molecule has 4 nitrogen and oxygen atoms in total. The number of aryl methyl sites for hydroxylation is 1. The van der Waals surface area contributed by atoms with Gasteiger partial charge in [0.15, 0.2) is 0 Å². The summed E-state index contributed by atoms with van der Waals surface area (Å²) in [5.41, 5.74) is 4.09. The number of nitrogens with zero attached hydrogens (tertiary/aromatic N) is 2. The van der Waals surface area contributed by atoms with Gasteiger partial charge in [0.1, 0.15) is 0 Å². The number of hydrogen-bond acceptors (Lipinski definition) is 3. The Morgan fingerprint density at radius 3 is 2.61 bits per heavy atom. The van der Waals surface area contributed by atoms with Crippen molar-refractivity contribution in [2.45, 2.75) is 70.1 Å². The van der Waals surface area contributed by atoms with Crippen molar-refractivity contribution in [3.05, 3.63) is 56.7 Å². The van der Waals surface area contributed by atoms with E-state index < -0.39 is 19.8 Å². The fourth-order valence-electron chi connectivity index (χ4n) is 6.31. The Morgan fingerprint density at radius 1 is 1.10 bits per heavy atom. The zero-order valence-electron chi connectivity index (χ0n) is 18.1. The molecule has 2 heterocycles. The van der Waals surface area contributed by atoms with Crippen LogP contribution in [-0.4, -0.2) is 42.8 Å². The summed E-state index contributed by atoms with van der Waals surface area (Å²) >= 11 is 4.66. The second-order valence-corrected chi connectivity index (χ2v) is 19.8. The van der Waals surface area contributed by atoms with E-state index >= 15 is 0 Å². The third-order valence-corrected chi connectivity index (χ3v) is 18.5. The molecule has 1 spiro atoms. The van der Waals surface area contributed by atoms with E-state index in [1.54, 1.807) is 0 Å². The molecule has 1 aromatic heterocycles. The first-order valence-corrected chi connectivity index (χ1v) is 18.1. The summed E-state index contributed by atoms with van der Waals surface area (Å²) in [4.78, 5) is 23.6. The molecule has 1 saturated heterocycles. The van der Waals surface area contributed by atoms with E-state index in [1.807, 2.05) is 12.1 Å². The Balaban J connectivity index is 1.09. The van der Waals surface area contributed by atoms with E-state index in [2.05, 4.69) is 22.0 Å². The molecule has 163 valence electrons. The van der Waals surface area contributed by atoms with Gasteiger partial charge < -0.3 is 0 Å². The molecular formula is C25H31ClN3OSn. The topological polar surface area (TPSA) is 49.0 Å². The Hall–Kier alpha value is -1.01. The Bertz CT molecular complexity index is 1020. The molecule has 2 atom stereocenters. The van der Waals surface area contributed by atoms with Crippen LogP contribution in [0.2, 0.25) is 17.8 Å². The van der Waals surface area contributed by atoms with Gasteiger partial charge in [-0.3, -0.25) is 0 Å². The Kier molecular flexibility index (Phi) is 5.37. The fraction of sp³-hybridized carbons (Fsp3) is 0.600. The number of nitrogens with one attached hydrogen (secondary N) is 1. The van der Waals surface area contributed by atoms with E-state index in [1.165, 1.54) is 66.2 Å². The Morgan fingerprint density at radius 2 is 1.87 bits per heavy atom. The van der Waals surface area contributed by atoms with Crippen LogP contribution < -0.4 is 10.5 Å². The van der Waals surface area contributed by atoms with Crippen LogP contribution in [0.25, 0.3) is 0 Å². The van der Waals surface area contributed by atoms with Gasteiger partial charge in [0, 0.05) is 0 Å². The van der Waals surface area contributed by atoms with E-state index in [9.17, 15) is 4.79 Å². The minimum atomic E-state index is -1.39. The molecule has 1 unspecified atom stereocenters. The van der Waals surface area contributed by atoms with Crippen LogP contribution in [0.1, 0.15) is 61.5 Å². The van der Waals surface area contributed by atoms with Crippen LogP contribution in [0.15, 0.2) is 29.1 Å². The first-order valence-electron chi connectivity index (χ1n) is 12.1. The summed E-state index contributed by atoms with van der Waals surface area (Å²) in [6.45, 7) is 2.43.